The summed E-state index contributed by atoms with van der Waals surface area (Å²) in [6, 6.07) is 3.37. The van der Waals surface area contributed by atoms with E-state index in [-0.39, 0.29) is 6.03 Å². The number of urea groups is 1. The third-order valence-corrected chi connectivity index (χ3v) is 2.87. The van der Waals surface area contributed by atoms with E-state index in [1.165, 1.54) is 0 Å². The summed E-state index contributed by atoms with van der Waals surface area (Å²) in [5, 5.41) is 11.5. The van der Waals surface area contributed by atoms with Gasteiger partial charge in [-0.15, -0.1) is 0 Å². The second kappa shape index (κ2) is 7.45. The van der Waals surface area contributed by atoms with E-state index >= 15 is 0 Å². The molecule has 0 aliphatic heterocycles. The molecule has 1 aromatic heterocycles. The second-order valence-corrected chi connectivity index (χ2v) is 4.35. The Bertz CT molecular complexity index is 403. The van der Waals surface area contributed by atoms with Crippen molar-refractivity contribution in [2.45, 2.75) is 26.8 Å². The van der Waals surface area contributed by atoms with Gasteiger partial charge in [-0.3, -0.25) is 4.79 Å². The summed E-state index contributed by atoms with van der Waals surface area (Å²) >= 11 is 0. The van der Waals surface area contributed by atoms with E-state index in [1.807, 2.05) is 13.0 Å². The maximum absolute atomic E-state index is 11.9. The smallest absolute Gasteiger partial charge is 0.317 e. The largest absolute Gasteiger partial charge is 0.481 e. The van der Waals surface area contributed by atoms with Crippen molar-refractivity contribution in [2.75, 3.05) is 13.1 Å². The van der Waals surface area contributed by atoms with Crippen LogP contribution in [0.25, 0.3) is 0 Å². The summed E-state index contributed by atoms with van der Waals surface area (Å²) in [6.45, 7) is 4.81. The molecule has 2 amide bonds. The Morgan fingerprint density at radius 1 is 1.53 bits per heavy atom. The summed E-state index contributed by atoms with van der Waals surface area (Å²) in [4.78, 5) is 24.1. The van der Waals surface area contributed by atoms with Gasteiger partial charge in [-0.2, -0.15) is 0 Å². The summed E-state index contributed by atoms with van der Waals surface area (Å²) in [6.07, 6.45) is 1.98. The van der Waals surface area contributed by atoms with Gasteiger partial charge in [-0.05, 0) is 25.5 Å². The van der Waals surface area contributed by atoms with Gasteiger partial charge in [-0.1, -0.05) is 6.92 Å². The van der Waals surface area contributed by atoms with Gasteiger partial charge >= 0.3 is 12.0 Å². The minimum Gasteiger partial charge on any atom is -0.481 e. The Hall–Kier alpha value is -1.98. The van der Waals surface area contributed by atoms with Crippen LogP contribution in [0.15, 0.2) is 22.8 Å². The molecule has 1 aromatic rings. The van der Waals surface area contributed by atoms with Crippen LogP contribution in [0, 0.1) is 5.92 Å². The molecule has 106 valence electrons. The fourth-order valence-corrected chi connectivity index (χ4v) is 1.55. The lowest BCUT2D eigenvalue weighted by Gasteiger charge is -2.20. The maximum atomic E-state index is 11.9. The minimum absolute atomic E-state index is 0.212. The van der Waals surface area contributed by atoms with Gasteiger partial charge in [0.25, 0.3) is 0 Å². The van der Waals surface area contributed by atoms with Crippen molar-refractivity contribution in [3.63, 3.8) is 0 Å². The zero-order valence-corrected chi connectivity index (χ0v) is 11.3. The van der Waals surface area contributed by atoms with Gasteiger partial charge in [0, 0.05) is 13.1 Å². The van der Waals surface area contributed by atoms with Gasteiger partial charge in [0.2, 0.25) is 0 Å². The highest BCUT2D eigenvalue weighted by atomic mass is 16.4. The number of carbonyl (C=O) groups is 2. The molecule has 0 aliphatic rings. The lowest BCUT2D eigenvalue weighted by atomic mass is 10.1. The van der Waals surface area contributed by atoms with Crippen molar-refractivity contribution < 1.29 is 19.1 Å². The molecule has 2 N–H and O–H groups in total. The predicted molar refractivity (Wildman–Crippen MR) is 69.6 cm³/mol. The molecule has 0 bridgehead atoms. The number of amides is 2. The van der Waals surface area contributed by atoms with Gasteiger partial charge < -0.3 is 19.7 Å². The SMILES string of the molecule is CCN(Cc1ccco1)C(=O)NCCC(C)C(=O)O. The number of hydrogen-bond donors (Lipinski definition) is 2. The Labute approximate surface area is 112 Å². The molecule has 0 spiro atoms. The molecule has 0 saturated heterocycles. The fourth-order valence-electron chi connectivity index (χ4n) is 1.55. The lowest BCUT2D eigenvalue weighted by Crippen LogP contribution is -2.40. The van der Waals surface area contributed by atoms with Crippen LogP contribution in [0.3, 0.4) is 0 Å². The molecule has 0 radical (unpaired) electrons. The number of rotatable bonds is 7. The average molecular weight is 268 g/mol. The number of carboxylic acids is 1. The molecule has 19 heavy (non-hydrogen) atoms. The van der Waals surface area contributed by atoms with E-state index in [4.69, 9.17) is 9.52 Å². The lowest BCUT2D eigenvalue weighted by molar-refractivity contribution is -0.141. The van der Waals surface area contributed by atoms with E-state index in [1.54, 1.807) is 24.2 Å². The molecule has 6 nitrogen and oxygen atoms in total. The molecule has 0 aliphatic carbocycles. The van der Waals surface area contributed by atoms with Crippen LogP contribution in [0.4, 0.5) is 4.79 Å². The van der Waals surface area contributed by atoms with Crippen molar-refractivity contribution in [3.8, 4) is 0 Å². The Kier molecular flexibility index (Phi) is 5.92. The number of carbonyl (C=O) groups excluding carboxylic acids is 1. The van der Waals surface area contributed by atoms with E-state index in [9.17, 15) is 9.59 Å². The monoisotopic (exact) mass is 268 g/mol. The Morgan fingerprint density at radius 3 is 2.79 bits per heavy atom. The fraction of sp³-hybridized carbons (Fsp3) is 0.538. The molecule has 0 saturated carbocycles. The van der Waals surface area contributed by atoms with Crippen LogP contribution in [-0.4, -0.2) is 35.1 Å². The predicted octanol–water partition coefficient (Wildman–Crippen LogP) is 1.92. The van der Waals surface area contributed by atoms with Crippen molar-refractivity contribution in [1.29, 1.82) is 0 Å². The molecular formula is C13H20N2O4. The van der Waals surface area contributed by atoms with Crippen LogP contribution in [0.5, 0.6) is 0 Å². The summed E-state index contributed by atoms with van der Waals surface area (Å²) in [5.41, 5.74) is 0. The number of furan rings is 1. The zero-order chi connectivity index (χ0) is 14.3. The standard InChI is InChI=1S/C13H20N2O4/c1-3-15(9-11-5-4-8-19-11)13(18)14-7-6-10(2)12(16)17/h4-5,8,10H,3,6-7,9H2,1-2H3,(H,14,18)(H,16,17). The van der Waals surface area contributed by atoms with Crippen molar-refractivity contribution in [3.05, 3.63) is 24.2 Å². The first-order valence-corrected chi connectivity index (χ1v) is 6.32. The van der Waals surface area contributed by atoms with E-state index in [2.05, 4.69) is 5.32 Å². The first kappa shape index (κ1) is 15.1. The molecule has 1 rings (SSSR count). The van der Waals surface area contributed by atoms with E-state index in [0.717, 1.165) is 5.76 Å². The van der Waals surface area contributed by atoms with Crippen molar-refractivity contribution in [1.82, 2.24) is 10.2 Å². The van der Waals surface area contributed by atoms with Gasteiger partial charge in [0.05, 0.1) is 18.7 Å². The number of aliphatic carboxylic acids is 1. The number of nitrogens with one attached hydrogen (secondary N) is 1. The average Bonchev–Trinajstić information content (AvgIpc) is 2.88. The molecule has 6 heteroatoms. The summed E-state index contributed by atoms with van der Waals surface area (Å²) in [5.74, 6) is -0.589. The molecular weight excluding hydrogens is 248 g/mol. The minimum atomic E-state index is -0.850. The van der Waals surface area contributed by atoms with Crippen LogP contribution in [0.1, 0.15) is 26.0 Å². The third-order valence-electron chi connectivity index (χ3n) is 2.87. The second-order valence-electron chi connectivity index (χ2n) is 4.35. The molecule has 1 unspecified atom stereocenters. The topological polar surface area (TPSA) is 82.8 Å². The van der Waals surface area contributed by atoms with E-state index in [0.29, 0.717) is 26.1 Å². The Morgan fingerprint density at radius 2 is 2.26 bits per heavy atom. The first-order chi connectivity index (χ1) is 9.04. The maximum Gasteiger partial charge on any atom is 0.317 e. The van der Waals surface area contributed by atoms with Crippen LogP contribution >= 0.6 is 0 Å². The number of hydrogen-bond acceptors (Lipinski definition) is 3. The summed E-state index contributed by atoms with van der Waals surface area (Å²) < 4.78 is 5.19. The quantitative estimate of drug-likeness (QED) is 0.791. The normalized spacial score (nSPS) is 11.9. The highest BCUT2D eigenvalue weighted by Crippen LogP contribution is 2.06. The molecule has 0 aromatic carbocycles. The molecule has 1 atom stereocenters. The number of nitrogens with zero attached hydrogens (tertiary/aromatic N) is 1. The first-order valence-electron chi connectivity index (χ1n) is 6.32. The van der Waals surface area contributed by atoms with Crippen LogP contribution < -0.4 is 5.32 Å². The van der Waals surface area contributed by atoms with Crippen LogP contribution in [-0.2, 0) is 11.3 Å². The highest BCUT2D eigenvalue weighted by Gasteiger charge is 2.15. The number of carboxylic acid groups (broad SMARTS) is 1. The molecule has 1 heterocycles. The van der Waals surface area contributed by atoms with Crippen LogP contribution in [0.2, 0.25) is 0 Å². The van der Waals surface area contributed by atoms with E-state index < -0.39 is 11.9 Å². The summed E-state index contributed by atoms with van der Waals surface area (Å²) in [7, 11) is 0. The van der Waals surface area contributed by atoms with Crippen molar-refractivity contribution >= 4 is 12.0 Å². The van der Waals surface area contributed by atoms with Gasteiger partial charge in [0.1, 0.15) is 5.76 Å². The Balaban J connectivity index is 2.35. The molecule has 0 fully saturated rings. The van der Waals surface area contributed by atoms with Gasteiger partial charge in [-0.25, -0.2) is 4.79 Å². The van der Waals surface area contributed by atoms with Crippen molar-refractivity contribution in [2.24, 2.45) is 5.92 Å². The van der Waals surface area contributed by atoms with Gasteiger partial charge in [0.15, 0.2) is 0 Å². The third kappa shape index (κ3) is 5.03. The zero-order valence-electron chi connectivity index (χ0n) is 11.3. The highest BCUT2D eigenvalue weighted by molar-refractivity contribution is 5.74.